The Labute approximate surface area is 190 Å². The number of nitrogens with zero attached hydrogens (tertiary/aromatic N) is 1. The Morgan fingerprint density at radius 3 is 2.61 bits per heavy atom. The van der Waals surface area contributed by atoms with Crippen LogP contribution in [0.15, 0.2) is 54.6 Å². The normalized spacial score (nSPS) is 16.5. The number of halogens is 3. The van der Waals surface area contributed by atoms with Crippen LogP contribution in [0.5, 0.6) is 5.75 Å². The van der Waals surface area contributed by atoms with Crippen molar-refractivity contribution in [1.82, 2.24) is 10.2 Å². The molecular weight excluding hydrogens is 435 g/mol. The van der Waals surface area contributed by atoms with E-state index in [1.807, 2.05) is 31.2 Å². The van der Waals surface area contributed by atoms with E-state index in [2.05, 4.69) is 15.4 Å². The Kier molecular flexibility index (Phi) is 7.97. The summed E-state index contributed by atoms with van der Waals surface area (Å²) in [7, 11) is 0. The first-order valence-corrected chi connectivity index (χ1v) is 10.6. The molecule has 0 aliphatic carbocycles. The first-order chi connectivity index (χ1) is 15.7. The number of benzene rings is 2. The smallest absolute Gasteiger partial charge is 0.405 e. The van der Waals surface area contributed by atoms with Gasteiger partial charge in [-0.25, -0.2) is 4.79 Å². The van der Waals surface area contributed by atoms with Gasteiger partial charge in [0.2, 0.25) is 5.91 Å². The summed E-state index contributed by atoms with van der Waals surface area (Å²) in [5, 5.41) is 5.60. The van der Waals surface area contributed by atoms with Gasteiger partial charge in [0.25, 0.3) is 0 Å². The third-order valence-corrected chi connectivity index (χ3v) is 5.24. The molecule has 0 aromatic heterocycles. The van der Waals surface area contributed by atoms with Crippen LogP contribution in [0.1, 0.15) is 24.0 Å². The van der Waals surface area contributed by atoms with Crippen LogP contribution in [0.4, 0.5) is 23.7 Å². The molecule has 2 aromatic rings. The van der Waals surface area contributed by atoms with E-state index in [1.54, 1.807) is 11.0 Å². The largest absolute Gasteiger partial charge is 0.573 e. The summed E-state index contributed by atoms with van der Waals surface area (Å²) in [6.45, 7) is 3.38. The number of hydrogen-bond donors (Lipinski definition) is 2. The quantitative estimate of drug-likeness (QED) is 0.597. The Bertz CT molecular complexity index is 990. The molecule has 176 valence electrons. The Hall–Kier alpha value is -3.49. The van der Waals surface area contributed by atoms with Gasteiger partial charge in [-0.1, -0.05) is 35.9 Å². The second kappa shape index (κ2) is 10.9. The van der Waals surface area contributed by atoms with Crippen molar-refractivity contribution in [3.05, 3.63) is 65.7 Å². The third-order valence-electron chi connectivity index (χ3n) is 5.24. The van der Waals surface area contributed by atoms with Crippen LogP contribution < -0.4 is 15.4 Å². The van der Waals surface area contributed by atoms with Crippen molar-refractivity contribution in [3.8, 4) is 5.75 Å². The van der Waals surface area contributed by atoms with Crippen LogP contribution in [-0.4, -0.2) is 42.8 Å². The molecule has 0 radical (unpaired) electrons. The number of anilines is 1. The van der Waals surface area contributed by atoms with Gasteiger partial charge in [-0.05, 0) is 50.0 Å². The first kappa shape index (κ1) is 24.2. The topological polar surface area (TPSA) is 70.7 Å². The molecule has 1 atom stereocenters. The lowest BCUT2D eigenvalue weighted by molar-refractivity contribution is -0.274. The standard InChI is InChI=1S/C24H26F3N3O3/c1-17-8-11-20(12-9-17)29-23(32)28-15-18-5-4-14-30(16-18)22(31)13-10-19-6-2-3-7-21(19)33-24(25,26)27/h2-3,6-13,18H,4-5,14-16H2,1H3,(H2,28,29,32)/b13-10-/t18-/m1/s1. The maximum absolute atomic E-state index is 12.6. The number of amides is 3. The van der Waals surface area contributed by atoms with Crippen molar-refractivity contribution < 1.29 is 27.5 Å². The zero-order chi connectivity index (χ0) is 23.8. The summed E-state index contributed by atoms with van der Waals surface area (Å²) in [4.78, 5) is 26.4. The van der Waals surface area contributed by atoms with E-state index in [9.17, 15) is 22.8 Å². The van der Waals surface area contributed by atoms with Crippen LogP contribution in [0.25, 0.3) is 6.08 Å². The maximum Gasteiger partial charge on any atom is 0.573 e. The molecular formula is C24H26F3N3O3. The predicted octanol–water partition coefficient (Wildman–Crippen LogP) is 4.97. The lowest BCUT2D eigenvalue weighted by atomic mass is 9.98. The van der Waals surface area contributed by atoms with Crippen LogP contribution in [0.2, 0.25) is 0 Å². The highest BCUT2D eigenvalue weighted by Crippen LogP contribution is 2.27. The lowest BCUT2D eigenvalue weighted by Crippen LogP contribution is -2.43. The summed E-state index contributed by atoms with van der Waals surface area (Å²) in [6, 6.07) is 12.8. The van der Waals surface area contributed by atoms with Crippen molar-refractivity contribution >= 4 is 23.7 Å². The molecule has 3 amide bonds. The number of para-hydroxylation sites is 1. The van der Waals surface area contributed by atoms with Gasteiger partial charge in [-0.15, -0.1) is 13.2 Å². The third kappa shape index (κ3) is 7.85. The monoisotopic (exact) mass is 461 g/mol. The molecule has 0 unspecified atom stereocenters. The second-order valence-corrected chi connectivity index (χ2v) is 7.91. The zero-order valence-corrected chi connectivity index (χ0v) is 18.2. The fourth-order valence-electron chi connectivity index (χ4n) is 3.58. The van der Waals surface area contributed by atoms with Gasteiger partial charge in [0.15, 0.2) is 0 Å². The molecule has 9 heteroatoms. The molecule has 1 saturated heterocycles. The van der Waals surface area contributed by atoms with E-state index in [-0.39, 0.29) is 29.2 Å². The molecule has 0 saturated carbocycles. The van der Waals surface area contributed by atoms with Crippen molar-refractivity contribution in [2.24, 2.45) is 5.92 Å². The Morgan fingerprint density at radius 2 is 1.88 bits per heavy atom. The summed E-state index contributed by atoms with van der Waals surface area (Å²) in [5.74, 6) is -0.583. The fraction of sp³-hybridized carbons (Fsp3) is 0.333. The van der Waals surface area contributed by atoms with Gasteiger partial charge in [-0.3, -0.25) is 4.79 Å². The van der Waals surface area contributed by atoms with Crippen molar-refractivity contribution in [1.29, 1.82) is 0 Å². The molecule has 3 rings (SSSR count). The molecule has 0 spiro atoms. The van der Waals surface area contributed by atoms with Crippen molar-refractivity contribution in [2.45, 2.75) is 26.1 Å². The number of carbonyl (C=O) groups is 2. The van der Waals surface area contributed by atoms with Gasteiger partial charge in [0.05, 0.1) is 0 Å². The van der Waals surface area contributed by atoms with Crippen LogP contribution in [0.3, 0.4) is 0 Å². The molecule has 1 aliphatic rings. The number of rotatable bonds is 6. The number of carbonyl (C=O) groups excluding carboxylic acids is 2. The predicted molar refractivity (Wildman–Crippen MR) is 120 cm³/mol. The molecule has 1 heterocycles. The highest BCUT2D eigenvalue weighted by molar-refractivity contribution is 5.92. The molecule has 2 N–H and O–H groups in total. The number of likely N-dealkylation sites (tertiary alicyclic amines) is 1. The highest BCUT2D eigenvalue weighted by Gasteiger charge is 2.31. The number of ether oxygens (including phenoxy) is 1. The highest BCUT2D eigenvalue weighted by atomic mass is 19.4. The Balaban J connectivity index is 1.51. The minimum absolute atomic E-state index is 0.0840. The van der Waals surface area contributed by atoms with Gasteiger partial charge in [0.1, 0.15) is 5.75 Å². The fourth-order valence-corrected chi connectivity index (χ4v) is 3.58. The maximum atomic E-state index is 12.6. The number of hydrogen-bond acceptors (Lipinski definition) is 3. The minimum atomic E-state index is -4.81. The van der Waals surface area contributed by atoms with E-state index in [4.69, 9.17) is 0 Å². The molecule has 1 fully saturated rings. The Morgan fingerprint density at radius 1 is 1.15 bits per heavy atom. The number of aryl methyl sites for hydroxylation is 1. The van der Waals surface area contributed by atoms with E-state index in [0.717, 1.165) is 18.4 Å². The summed E-state index contributed by atoms with van der Waals surface area (Å²) >= 11 is 0. The molecule has 1 aliphatic heterocycles. The summed E-state index contributed by atoms with van der Waals surface area (Å²) in [6.07, 6.45) is -0.606. The van der Waals surface area contributed by atoms with E-state index < -0.39 is 6.36 Å². The van der Waals surface area contributed by atoms with Crippen molar-refractivity contribution in [2.75, 3.05) is 25.0 Å². The first-order valence-electron chi connectivity index (χ1n) is 10.6. The lowest BCUT2D eigenvalue weighted by Gasteiger charge is -2.32. The summed E-state index contributed by atoms with van der Waals surface area (Å²) in [5.41, 5.74) is 1.95. The molecule has 6 nitrogen and oxygen atoms in total. The number of alkyl halides is 3. The van der Waals surface area contributed by atoms with Crippen LogP contribution in [0, 0.1) is 12.8 Å². The van der Waals surface area contributed by atoms with Gasteiger partial charge >= 0.3 is 12.4 Å². The molecule has 0 bridgehead atoms. The van der Waals surface area contributed by atoms with E-state index in [1.165, 1.54) is 30.4 Å². The number of nitrogens with one attached hydrogen (secondary N) is 2. The number of piperidine rings is 1. The average Bonchev–Trinajstić information content (AvgIpc) is 2.77. The minimum Gasteiger partial charge on any atom is -0.405 e. The second-order valence-electron chi connectivity index (χ2n) is 7.91. The van der Waals surface area contributed by atoms with E-state index in [0.29, 0.717) is 25.3 Å². The van der Waals surface area contributed by atoms with Gasteiger partial charge < -0.3 is 20.3 Å². The number of urea groups is 1. The van der Waals surface area contributed by atoms with Gasteiger partial charge in [0, 0.05) is 37.0 Å². The summed E-state index contributed by atoms with van der Waals surface area (Å²) < 4.78 is 41.7. The molecule has 33 heavy (non-hydrogen) atoms. The zero-order valence-electron chi connectivity index (χ0n) is 18.2. The van der Waals surface area contributed by atoms with Crippen LogP contribution >= 0.6 is 0 Å². The van der Waals surface area contributed by atoms with Gasteiger partial charge in [-0.2, -0.15) is 0 Å². The van der Waals surface area contributed by atoms with Crippen molar-refractivity contribution in [3.63, 3.8) is 0 Å². The SMILES string of the molecule is Cc1ccc(NC(=O)NC[C@H]2CCCN(C(=O)/C=C\c3ccccc3OC(F)(F)F)C2)cc1. The van der Waals surface area contributed by atoms with Crippen LogP contribution in [-0.2, 0) is 4.79 Å². The average molecular weight is 461 g/mol. The molecule has 2 aromatic carbocycles. The van der Waals surface area contributed by atoms with E-state index >= 15 is 0 Å².